The topological polar surface area (TPSA) is 114 Å². The maximum absolute atomic E-state index is 12.6. The van der Waals surface area contributed by atoms with E-state index < -0.39 is 18.0 Å². The number of esters is 1. The number of methoxy groups -OCH3 is 1. The molecule has 1 aliphatic heterocycles. The van der Waals surface area contributed by atoms with Gasteiger partial charge in [0, 0.05) is 18.7 Å². The van der Waals surface area contributed by atoms with Gasteiger partial charge >= 0.3 is 12.0 Å². The lowest BCUT2D eigenvalue weighted by Gasteiger charge is -2.13. The average molecular weight is 453 g/mol. The summed E-state index contributed by atoms with van der Waals surface area (Å²) in [5.74, 6) is -0.400. The second kappa shape index (κ2) is 11.1. The minimum atomic E-state index is -0.745. The quantitative estimate of drug-likeness (QED) is 0.422. The molecule has 174 valence electrons. The first-order valence-electron chi connectivity index (χ1n) is 10.7. The zero-order valence-electron chi connectivity index (χ0n) is 18.6. The molecule has 1 heterocycles. The zero-order valence-corrected chi connectivity index (χ0v) is 18.6. The van der Waals surface area contributed by atoms with Gasteiger partial charge in [0.1, 0.15) is 11.8 Å². The van der Waals surface area contributed by atoms with Crippen LogP contribution in [0.5, 0.6) is 5.75 Å². The van der Waals surface area contributed by atoms with Crippen LogP contribution in [0.2, 0.25) is 0 Å². The maximum Gasteiger partial charge on any atom is 0.338 e. The van der Waals surface area contributed by atoms with Crippen molar-refractivity contribution in [3.05, 3.63) is 59.7 Å². The van der Waals surface area contributed by atoms with Crippen LogP contribution in [0.15, 0.2) is 48.5 Å². The van der Waals surface area contributed by atoms with E-state index in [1.807, 2.05) is 24.3 Å². The summed E-state index contributed by atoms with van der Waals surface area (Å²) in [6.07, 6.45) is 0.729. The molecule has 33 heavy (non-hydrogen) atoms. The van der Waals surface area contributed by atoms with E-state index in [4.69, 9.17) is 9.47 Å². The van der Waals surface area contributed by atoms with Gasteiger partial charge in [-0.05, 0) is 55.7 Å². The molecule has 0 radical (unpaired) electrons. The lowest BCUT2D eigenvalue weighted by molar-refractivity contribution is -0.127. The third-order valence-corrected chi connectivity index (χ3v) is 5.21. The van der Waals surface area contributed by atoms with Crippen LogP contribution in [0.3, 0.4) is 0 Å². The van der Waals surface area contributed by atoms with Crippen molar-refractivity contribution in [1.29, 1.82) is 0 Å². The summed E-state index contributed by atoms with van der Waals surface area (Å²) in [5, 5.41) is 5.34. The van der Waals surface area contributed by atoms with Crippen LogP contribution < -0.4 is 15.4 Å². The number of nitrogens with one attached hydrogen (secondary N) is 2. The van der Waals surface area contributed by atoms with Crippen molar-refractivity contribution in [2.45, 2.75) is 32.2 Å². The van der Waals surface area contributed by atoms with Crippen LogP contribution in [0, 0.1) is 0 Å². The summed E-state index contributed by atoms with van der Waals surface area (Å²) in [7, 11) is 1.59. The lowest BCUT2D eigenvalue weighted by Crippen LogP contribution is -2.33. The number of hydrogen-bond donors (Lipinski definition) is 2. The number of imide groups is 1. The third-order valence-electron chi connectivity index (χ3n) is 5.21. The number of ether oxygens (including phenoxy) is 2. The third kappa shape index (κ3) is 6.31. The van der Waals surface area contributed by atoms with Crippen molar-refractivity contribution in [3.8, 4) is 5.75 Å². The lowest BCUT2D eigenvalue weighted by atomic mass is 10.1. The fourth-order valence-electron chi connectivity index (χ4n) is 3.45. The fraction of sp³-hybridized carbons (Fsp3) is 0.333. The zero-order chi connectivity index (χ0) is 23.8. The second-order valence-corrected chi connectivity index (χ2v) is 7.48. The Kier molecular flexibility index (Phi) is 8.01. The van der Waals surface area contributed by atoms with Gasteiger partial charge in [-0.3, -0.25) is 14.5 Å². The van der Waals surface area contributed by atoms with Gasteiger partial charge in [0.2, 0.25) is 5.91 Å². The fourth-order valence-corrected chi connectivity index (χ4v) is 3.45. The van der Waals surface area contributed by atoms with Gasteiger partial charge in [-0.2, -0.15) is 0 Å². The number of benzene rings is 2. The van der Waals surface area contributed by atoms with Crippen molar-refractivity contribution in [2.75, 3.05) is 25.6 Å². The second-order valence-electron chi connectivity index (χ2n) is 7.48. The first-order chi connectivity index (χ1) is 15.9. The summed E-state index contributed by atoms with van der Waals surface area (Å²) in [6.45, 7) is 2.22. The minimum absolute atomic E-state index is 0.0344. The van der Waals surface area contributed by atoms with Gasteiger partial charge < -0.3 is 20.1 Å². The molecule has 2 aromatic carbocycles. The van der Waals surface area contributed by atoms with E-state index in [0.29, 0.717) is 17.7 Å². The molecular weight excluding hydrogens is 426 g/mol. The summed E-state index contributed by atoms with van der Waals surface area (Å²) in [5.41, 5.74) is 1.76. The molecule has 0 aliphatic carbocycles. The van der Waals surface area contributed by atoms with E-state index in [1.165, 1.54) is 11.0 Å². The van der Waals surface area contributed by atoms with Gasteiger partial charge in [-0.25, -0.2) is 9.59 Å². The number of urea groups is 1. The molecule has 0 aromatic heterocycles. The van der Waals surface area contributed by atoms with Gasteiger partial charge in [-0.15, -0.1) is 0 Å². The highest BCUT2D eigenvalue weighted by Gasteiger charge is 2.37. The smallest absolute Gasteiger partial charge is 0.338 e. The Bertz CT molecular complexity index is 1020. The van der Waals surface area contributed by atoms with Crippen LogP contribution in [0.25, 0.3) is 0 Å². The van der Waals surface area contributed by atoms with Gasteiger partial charge in [-0.1, -0.05) is 18.2 Å². The minimum Gasteiger partial charge on any atom is -0.497 e. The molecule has 0 saturated carbocycles. The molecule has 2 N–H and O–H groups in total. The number of anilines is 1. The van der Waals surface area contributed by atoms with Gasteiger partial charge in [0.25, 0.3) is 5.91 Å². The molecule has 3 rings (SSSR count). The van der Waals surface area contributed by atoms with E-state index in [9.17, 15) is 19.2 Å². The van der Waals surface area contributed by atoms with Crippen LogP contribution in [0.1, 0.15) is 35.7 Å². The van der Waals surface area contributed by atoms with Crippen LogP contribution in [0.4, 0.5) is 10.5 Å². The first-order valence-corrected chi connectivity index (χ1v) is 10.7. The molecule has 0 spiro atoms. The molecule has 9 nitrogen and oxygen atoms in total. The Labute approximate surface area is 192 Å². The first kappa shape index (κ1) is 23.8. The van der Waals surface area contributed by atoms with Crippen molar-refractivity contribution < 1.29 is 28.7 Å². The van der Waals surface area contributed by atoms with Gasteiger partial charge in [0.05, 0.1) is 19.3 Å². The number of carbonyl (C=O) groups excluding carboxylic acids is 4. The van der Waals surface area contributed by atoms with Crippen LogP contribution >= 0.6 is 0 Å². The Morgan fingerprint density at radius 1 is 1.12 bits per heavy atom. The number of nitrogens with zero attached hydrogens (tertiary/aromatic N) is 1. The molecule has 4 amide bonds. The van der Waals surface area contributed by atoms with E-state index in [-0.39, 0.29) is 37.8 Å². The summed E-state index contributed by atoms with van der Waals surface area (Å²) in [4.78, 5) is 50.2. The van der Waals surface area contributed by atoms with Gasteiger partial charge in [0.15, 0.2) is 0 Å². The van der Waals surface area contributed by atoms with E-state index in [2.05, 4.69) is 10.6 Å². The molecule has 1 saturated heterocycles. The summed E-state index contributed by atoms with van der Waals surface area (Å²) < 4.78 is 10.1. The Balaban J connectivity index is 1.48. The normalized spacial score (nSPS) is 15.2. The molecule has 2 aromatic rings. The number of rotatable bonds is 10. The van der Waals surface area contributed by atoms with E-state index >= 15 is 0 Å². The SMILES string of the molecule is CCOC(=O)c1cccc(NC(=O)CC[C@@H]2NC(=O)N(CCc3ccc(OC)cc3)C2=O)c1. The van der Waals surface area contributed by atoms with Crippen molar-refractivity contribution in [1.82, 2.24) is 10.2 Å². The maximum atomic E-state index is 12.6. The summed E-state index contributed by atoms with van der Waals surface area (Å²) >= 11 is 0. The molecule has 0 unspecified atom stereocenters. The van der Waals surface area contributed by atoms with E-state index in [0.717, 1.165) is 11.3 Å². The highest BCUT2D eigenvalue weighted by molar-refractivity contribution is 6.04. The van der Waals surface area contributed by atoms with Crippen molar-refractivity contribution in [2.24, 2.45) is 0 Å². The van der Waals surface area contributed by atoms with Crippen molar-refractivity contribution >= 4 is 29.5 Å². The summed E-state index contributed by atoms with van der Waals surface area (Å²) in [6, 6.07) is 12.6. The monoisotopic (exact) mass is 453 g/mol. The predicted molar refractivity (Wildman–Crippen MR) is 121 cm³/mol. The standard InChI is InChI=1S/C24H27N3O6/c1-3-33-23(30)17-5-4-6-18(15-17)25-21(28)12-11-20-22(29)27(24(31)26-20)14-13-16-7-9-19(32-2)10-8-16/h4-10,15,20H,3,11-14H2,1-2H3,(H,25,28)(H,26,31)/t20-/m0/s1. The molecule has 1 fully saturated rings. The number of hydrogen-bond acceptors (Lipinski definition) is 6. The average Bonchev–Trinajstić information content (AvgIpc) is 3.09. The molecule has 1 atom stereocenters. The Morgan fingerprint density at radius 3 is 2.58 bits per heavy atom. The number of carbonyl (C=O) groups is 4. The molecule has 1 aliphatic rings. The highest BCUT2D eigenvalue weighted by atomic mass is 16.5. The van der Waals surface area contributed by atoms with E-state index in [1.54, 1.807) is 32.2 Å². The van der Waals surface area contributed by atoms with Crippen LogP contribution in [-0.2, 0) is 20.7 Å². The molecule has 0 bridgehead atoms. The largest absolute Gasteiger partial charge is 0.497 e. The highest BCUT2D eigenvalue weighted by Crippen LogP contribution is 2.16. The number of amides is 4. The Morgan fingerprint density at radius 2 is 1.88 bits per heavy atom. The predicted octanol–water partition coefficient (Wildman–Crippen LogP) is 2.75. The Hall–Kier alpha value is -3.88. The molecular formula is C24H27N3O6. The molecule has 9 heteroatoms. The van der Waals surface area contributed by atoms with Crippen molar-refractivity contribution in [3.63, 3.8) is 0 Å². The van der Waals surface area contributed by atoms with Crippen LogP contribution in [-0.4, -0.2) is 55.0 Å².